The van der Waals surface area contributed by atoms with Crippen molar-refractivity contribution in [2.75, 3.05) is 0 Å². The van der Waals surface area contributed by atoms with Gasteiger partial charge in [0.2, 0.25) is 0 Å². The summed E-state index contributed by atoms with van der Waals surface area (Å²) < 4.78 is 3.21. The highest BCUT2D eigenvalue weighted by Crippen LogP contribution is 2.24. The minimum atomic E-state index is -0.124. The molecule has 0 unspecified atom stereocenters. The fourth-order valence-corrected chi connectivity index (χ4v) is 5.06. The number of thioether (sulfide) groups is 1. The summed E-state index contributed by atoms with van der Waals surface area (Å²) in [5.74, 6) is 0.416. The van der Waals surface area contributed by atoms with E-state index >= 15 is 0 Å². The Balaban J connectivity index is 1.56. The van der Waals surface area contributed by atoms with E-state index in [4.69, 9.17) is 9.97 Å². The van der Waals surface area contributed by atoms with E-state index in [9.17, 15) is 9.59 Å². The van der Waals surface area contributed by atoms with Crippen molar-refractivity contribution < 1.29 is 0 Å². The summed E-state index contributed by atoms with van der Waals surface area (Å²) in [5.41, 5.74) is 4.67. The third-order valence-corrected chi connectivity index (χ3v) is 7.02. The molecule has 3 aromatic heterocycles. The molecule has 3 heterocycles. The van der Waals surface area contributed by atoms with Crippen molar-refractivity contribution in [1.29, 1.82) is 0 Å². The van der Waals surface area contributed by atoms with Crippen molar-refractivity contribution in [3.63, 3.8) is 0 Å². The van der Waals surface area contributed by atoms with Gasteiger partial charge < -0.3 is 0 Å². The van der Waals surface area contributed by atoms with Crippen LogP contribution in [0, 0.1) is 6.92 Å². The first-order chi connectivity index (χ1) is 17.0. The maximum atomic E-state index is 13.5. The Kier molecular flexibility index (Phi) is 6.51. The second kappa shape index (κ2) is 9.88. The van der Waals surface area contributed by atoms with Crippen LogP contribution in [0.5, 0.6) is 0 Å². The molecule has 0 aliphatic rings. The molecule has 0 aliphatic carbocycles. The topological polar surface area (TPSA) is 69.3 Å². The first kappa shape index (κ1) is 23.1. The summed E-state index contributed by atoms with van der Waals surface area (Å²) in [6.07, 6.45) is 5.02. The first-order valence-corrected chi connectivity index (χ1v) is 12.8. The molecule has 176 valence electrons. The fraction of sp³-hybridized carbons (Fsp3) is 0.214. The van der Waals surface area contributed by atoms with Crippen LogP contribution in [-0.4, -0.2) is 18.9 Å². The van der Waals surface area contributed by atoms with Crippen LogP contribution < -0.4 is 11.1 Å². The molecule has 0 radical (unpaired) electrons. The summed E-state index contributed by atoms with van der Waals surface area (Å²) in [6.45, 7) is 4.11. The summed E-state index contributed by atoms with van der Waals surface area (Å²) in [7, 11) is 0. The lowest BCUT2D eigenvalue weighted by Crippen LogP contribution is -2.22. The summed E-state index contributed by atoms with van der Waals surface area (Å²) >= 11 is 1.41. The van der Waals surface area contributed by atoms with Crippen LogP contribution in [0.15, 0.2) is 87.7 Å². The Morgan fingerprint density at radius 3 is 2.54 bits per heavy atom. The molecule has 2 aromatic carbocycles. The molecular formula is C28H26N4O2S. The Bertz CT molecular complexity index is 1640. The highest BCUT2D eigenvalue weighted by atomic mass is 32.2. The van der Waals surface area contributed by atoms with Crippen LogP contribution >= 0.6 is 11.8 Å². The van der Waals surface area contributed by atoms with Crippen LogP contribution in [0.3, 0.4) is 0 Å². The zero-order valence-corrected chi connectivity index (χ0v) is 20.6. The van der Waals surface area contributed by atoms with Gasteiger partial charge in [0.05, 0.1) is 22.3 Å². The highest BCUT2D eigenvalue weighted by Gasteiger charge is 2.14. The quantitative estimate of drug-likeness (QED) is 0.231. The molecule has 5 aromatic rings. The van der Waals surface area contributed by atoms with Gasteiger partial charge in [0, 0.05) is 18.0 Å². The van der Waals surface area contributed by atoms with Gasteiger partial charge in [-0.15, -0.1) is 0 Å². The molecular weight excluding hydrogens is 456 g/mol. The van der Waals surface area contributed by atoms with Crippen LogP contribution in [0.25, 0.3) is 22.2 Å². The third-order valence-electron chi connectivity index (χ3n) is 6.05. The zero-order chi connectivity index (χ0) is 24.4. The van der Waals surface area contributed by atoms with E-state index in [1.807, 2.05) is 49.4 Å². The molecule has 0 saturated carbocycles. The number of rotatable bonds is 7. The Morgan fingerprint density at radius 1 is 0.943 bits per heavy atom. The Labute approximate surface area is 207 Å². The lowest BCUT2D eigenvalue weighted by atomic mass is 10.1. The molecule has 0 amide bonds. The van der Waals surface area contributed by atoms with Crippen LogP contribution in [0.4, 0.5) is 0 Å². The van der Waals surface area contributed by atoms with Gasteiger partial charge in [-0.1, -0.05) is 55.4 Å². The lowest BCUT2D eigenvalue weighted by molar-refractivity contribution is 0.791. The molecule has 0 atom stereocenters. The van der Waals surface area contributed by atoms with E-state index in [0.29, 0.717) is 33.2 Å². The van der Waals surface area contributed by atoms with Crippen molar-refractivity contribution in [2.45, 2.75) is 44.0 Å². The van der Waals surface area contributed by atoms with Crippen molar-refractivity contribution in [3.05, 3.63) is 110 Å². The standard InChI is InChI=1S/C28H26N4O2S/c1-3-4-9-20-12-14-22(15-13-20)32-27(34)23-10-5-6-11-24(23)30-28(32)35-18-21-17-25(33)31-16-7-8-19(2)26(31)29-21/h5-8,10-17H,3-4,9,18H2,1-2H3. The molecule has 0 N–H and O–H groups in total. The number of para-hydroxylation sites is 1. The number of aryl methyl sites for hydroxylation is 2. The monoisotopic (exact) mass is 482 g/mol. The highest BCUT2D eigenvalue weighted by molar-refractivity contribution is 7.98. The van der Waals surface area contributed by atoms with E-state index in [-0.39, 0.29) is 11.1 Å². The van der Waals surface area contributed by atoms with Crippen LogP contribution in [0.1, 0.15) is 36.6 Å². The minimum absolute atomic E-state index is 0.109. The average Bonchev–Trinajstić information content (AvgIpc) is 2.87. The number of fused-ring (bicyclic) bond motifs is 2. The molecule has 0 spiro atoms. The Morgan fingerprint density at radius 2 is 1.74 bits per heavy atom. The van der Waals surface area contributed by atoms with E-state index < -0.39 is 0 Å². The normalized spacial score (nSPS) is 11.4. The van der Waals surface area contributed by atoms with E-state index in [2.05, 4.69) is 19.1 Å². The van der Waals surface area contributed by atoms with Crippen molar-refractivity contribution in [2.24, 2.45) is 0 Å². The van der Waals surface area contributed by atoms with E-state index in [1.54, 1.807) is 27.3 Å². The zero-order valence-electron chi connectivity index (χ0n) is 19.8. The molecule has 0 saturated heterocycles. The molecule has 35 heavy (non-hydrogen) atoms. The van der Waals surface area contributed by atoms with Crippen LogP contribution in [-0.2, 0) is 12.2 Å². The summed E-state index contributed by atoms with van der Waals surface area (Å²) in [4.78, 5) is 35.7. The lowest BCUT2D eigenvalue weighted by Gasteiger charge is -2.14. The number of aromatic nitrogens is 4. The second-order valence-corrected chi connectivity index (χ2v) is 9.52. The van der Waals surface area contributed by atoms with Crippen molar-refractivity contribution in [3.8, 4) is 5.69 Å². The number of pyridine rings is 1. The predicted octanol–water partition coefficient (Wildman–Crippen LogP) is 5.34. The van der Waals surface area contributed by atoms with Gasteiger partial charge in [-0.2, -0.15) is 0 Å². The van der Waals surface area contributed by atoms with Gasteiger partial charge in [-0.05, 0) is 61.2 Å². The van der Waals surface area contributed by atoms with Gasteiger partial charge in [-0.3, -0.25) is 18.6 Å². The number of nitrogens with zero attached hydrogens (tertiary/aromatic N) is 4. The van der Waals surface area contributed by atoms with Gasteiger partial charge in [0.25, 0.3) is 11.1 Å². The fourth-order valence-electron chi connectivity index (χ4n) is 4.15. The van der Waals surface area contributed by atoms with Gasteiger partial charge in [-0.25, -0.2) is 9.97 Å². The SMILES string of the molecule is CCCCc1ccc(-n2c(SCc3cc(=O)n4cccc(C)c4n3)nc3ccccc3c2=O)cc1. The van der Waals surface area contributed by atoms with Crippen LogP contribution in [0.2, 0.25) is 0 Å². The molecule has 5 rings (SSSR count). The number of unbranched alkanes of at least 4 members (excludes halogenated alkanes) is 1. The van der Waals surface area contributed by atoms with E-state index in [1.165, 1.54) is 17.3 Å². The number of benzene rings is 2. The molecule has 6 nitrogen and oxygen atoms in total. The summed E-state index contributed by atoms with van der Waals surface area (Å²) in [5, 5.41) is 1.14. The number of hydrogen-bond donors (Lipinski definition) is 0. The van der Waals surface area contributed by atoms with Crippen molar-refractivity contribution in [1.82, 2.24) is 18.9 Å². The molecule has 7 heteroatoms. The van der Waals surface area contributed by atoms with E-state index in [0.717, 1.165) is 30.5 Å². The van der Waals surface area contributed by atoms with Gasteiger partial charge >= 0.3 is 0 Å². The first-order valence-electron chi connectivity index (χ1n) is 11.8. The Hall–Kier alpha value is -3.71. The maximum Gasteiger partial charge on any atom is 0.266 e. The minimum Gasteiger partial charge on any atom is -0.269 e. The van der Waals surface area contributed by atoms with Crippen molar-refractivity contribution >= 4 is 28.3 Å². The van der Waals surface area contributed by atoms with Gasteiger partial charge in [0.15, 0.2) is 5.16 Å². The smallest absolute Gasteiger partial charge is 0.266 e. The molecule has 0 fully saturated rings. The third kappa shape index (κ3) is 4.64. The maximum absolute atomic E-state index is 13.5. The average molecular weight is 483 g/mol. The number of hydrogen-bond acceptors (Lipinski definition) is 5. The van der Waals surface area contributed by atoms with Gasteiger partial charge in [0.1, 0.15) is 5.65 Å². The molecule has 0 aliphatic heterocycles. The molecule has 0 bridgehead atoms. The predicted molar refractivity (Wildman–Crippen MR) is 142 cm³/mol. The largest absolute Gasteiger partial charge is 0.269 e. The summed E-state index contributed by atoms with van der Waals surface area (Å²) in [6, 6.07) is 20.8. The second-order valence-electron chi connectivity index (χ2n) is 8.58.